The fourth-order valence-electron chi connectivity index (χ4n) is 7.76. The van der Waals surface area contributed by atoms with Crippen LogP contribution in [0.4, 0.5) is 4.79 Å². The molecule has 19 heteroatoms. The highest BCUT2D eigenvalue weighted by atomic mass is 16.5. The van der Waals surface area contributed by atoms with Gasteiger partial charge in [-0.2, -0.15) is 0 Å². The van der Waals surface area contributed by atoms with Crippen LogP contribution in [0.15, 0.2) is 66.7 Å². The lowest BCUT2D eigenvalue weighted by atomic mass is 9.84. The third-order valence-corrected chi connectivity index (χ3v) is 11.3. The maximum atomic E-state index is 14.0. The Kier molecular flexibility index (Phi) is 16.2. The molecule has 8 N–H and O–H groups in total. The molecule has 64 heavy (non-hydrogen) atoms. The number of benzene rings is 3. The quantitative estimate of drug-likeness (QED) is 0.0719. The minimum atomic E-state index is -2.22. The summed E-state index contributed by atoms with van der Waals surface area (Å²) >= 11 is 0. The topological polar surface area (TPSA) is 254 Å². The van der Waals surface area contributed by atoms with Crippen molar-refractivity contribution < 1.29 is 47.8 Å². The summed E-state index contributed by atoms with van der Waals surface area (Å²) in [4.78, 5) is 106. The molecule has 0 aromatic heterocycles. The number of likely N-dealkylation sites (N-methyl/N-ethyl adjacent to an activating group) is 1. The molecule has 1 fully saturated rings. The second-order valence-corrected chi connectivity index (χ2v) is 15.8. The van der Waals surface area contributed by atoms with Crippen molar-refractivity contribution in [1.82, 2.24) is 47.4 Å². The number of hydrogen-bond acceptors (Lipinski definition) is 11. The van der Waals surface area contributed by atoms with Crippen LogP contribution in [-0.2, 0) is 51.3 Å². The van der Waals surface area contributed by atoms with Crippen molar-refractivity contribution >= 4 is 47.4 Å². The van der Waals surface area contributed by atoms with Gasteiger partial charge in [0.2, 0.25) is 41.4 Å². The Morgan fingerprint density at radius 2 is 1.45 bits per heavy atom. The van der Waals surface area contributed by atoms with Crippen molar-refractivity contribution in [2.75, 3.05) is 79.2 Å². The zero-order valence-electron chi connectivity index (χ0n) is 35.8. The van der Waals surface area contributed by atoms with Gasteiger partial charge in [-0.1, -0.05) is 60.7 Å². The Balaban J connectivity index is 1.03. The van der Waals surface area contributed by atoms with Crippen molar-refractivity contribution in [2.45, 2.75) is 38.1 Å². The molecule has 1 aliphatic carbocycles. The number of rotatable bonds is 15. The first-order valence-corrected chi connectivity index (χ1v) is 21.3. The number of hydrogen-bond donors (Lipinski definition) is 8. The summed E-state index contributed by atoms with van der Waals surface area (Å²) in [6.07, 6.45) is 0.123. The summed E-state index contributed by atoms with van der Waals surface area (Å²) in [6.45, 7) is -0.846. The molecule has 8 amide bonds. The molecule has 2 heterocycles. The molecule has 3 aromatic rings. The van der Waals surface area contributed by atoms with Gasteiger partial charge in [0.05, 0.1) is 26.2 Å². The molecule has 1 unspecified atom stereocenters. The molecule has 1 atom stereocenters. The van der Waals surface area contributed by atoms with Gasteiger partial charge in [-0.05, 0) is 59.3 Å². The van der Waals surface area contributed by atoms with Gasteiger partial charge < -0.3 is 56.9 Å². The van der Waals surface area contributed by atoms with Crippen LogP contribution in [0.5, 0.6) is 5.75 Å². The lowest BCUT2D eigenvalue weighted by Gasteiger charge is -2.32. The molecule has 0 spiro atoms. The van der Waals surface area contributed by atoms with E-state index in [1.807, 2.05) is 60.7 Å². The highest BCUT2D eigenvalue weighted by Crippen LogP contribution is 2.44. The van der Waals surface area contributed by atoms with Gasteiger partial charge in [-0.25, -0.2) is 4.79 Å². The molecule has 19 nitrogen and oxygen atoms in total. The van der Waals surface area contributed by atoms with E-state index in [0.29, 0.717) is 19.6 Å². The van der Waals surface area contributed by atoms with Crippen molar-refractivity contribution in [3.8, 4) is 16.9 Å². The van der Waals surface area contributed by atoms with Crippen LogP contribution >= 0.6 is 0 Å². The Morgan fingerprint density at radius 1 is 0.750 bits per heavy atom. The molecule has 3 aliphatic rings. The second kappa shape index (κ2) is 22.4. The third kappa shape index (κ3) is 12.3. The molecule has 0 bridgehead atoms. The predicted molar refractivity (Wildman–Crippen MR) is 232 cm³/mol. The minimum absolute atomic E-state index is 0.00355. The normalized spacial score (nSPS) is 18.0. The summed E-state index contributed by atoms with van der Waals surface area (Å²) in [6, 6.07) is 21.6. The Labute approximate surface area is 370 Å². The van der Waals surface area contributed by atoms with Crippen LogP contribution in [0.1, 0.15) is 47.4 Å². The Bertz CT molecular complexity index is 2190. The molecule has 2 aliphatic heterocycles. The summed E-state index contributed by atoms with van der Waals surface area (Å²) in [7, 11) is 2.08. The highest BCUT2D eigenvalue weighted by Gasteiger charge is 2.46. The molecule has 340 valence electrons. The smallest absolute Gasteiger partial charge is 0.407 e. The first kappa shape index (κ1) is 46.5. The number of amides is 8. The summed E-state index contributed by atoms with van der Waals surface area (Å²) < 4.78 is 11.5. The lowest BCUT2D eigenvalue weighted by molar-refractivity contribution is -0.144. The molecular weight excluding hydrogens is 827 g/mol. The number of ether oxygens (including phenoxy) is 2. The number of carbonyl (C=O) groups is 8. The summed E-state index contributed by atoms with van der Waals surface area (Å²) in [5.41, 5.74) is 4.31. The monoisotopic (exact) mass is 881 g/mol. The van der Waals surface area contributed by atoms with Gasteiger partial charge in [0.25, 0.3) is 0 Å². The van der Waals surface area contributed by atoms with E-state index in [1.165, 1.54) is 11.1 Å². The number of alkyl carbamates (subject to hydrolysis) is 1. The molecule has 1 saturated heterocycles. The predicted octanol–water partition coefficient (Wildman–Crippen LogP) is -0.424. The maximum absolute atomic E-state index is 14.0. The van der Waals surface area contributed by atoms with Crippen molar-refractivity contribution in [3.05, 3.63) is 89.0 Å². The van der Waals surface area contributed by atoms with E-state index in [2.05, 4.69) is 60.5 Å². The first-order chi connectivity index (χ1) is 30.9. The standard InChI is InChI=1S/C45H55N9O10/c1-54-20-16-30-29(25-54)8-6-13-36(30)63-21-7-17-46-37(55)14-18-47-42(60)45(27-52-40(58)23-50-39(57)22-49-38(56)15-19-48-43(45)61)28-53-41(59)24-51-44(62)64-26-35-33-11-4-2-9-31(33)32-10-3-5-12-34(32)35/h2-6,8-13,35H,7,14-28H2,1H3,(H,46,55)(H,47,60)(H,48,61)(H,49,56)(H,50,57)(H,51,62)(H,52,58)(H,53,59). The SMILES string of the molecule is CN1CCc2c(cccc2OCCCNC(=O)CCNC(=O)C2(CNC(=O)CNC(=O)OCC3c4ccccc4-c4ccccc43)CNC(=O)CNC(=O)CNC(=O)CCNC2=O)C1. The average Bonchev–Trinajstić information content (AvgIpc) is 3.61. The van der Waals surface area contributed by atoms with Gasteiger partial charge in [0.1, 0.15) is 12.4 Å². The van der Waals surface area contributed by atoms with Crippen LogP contribution in [0.3, 0.4) is 0 Å². The highest BCUT2D eigenvalue weighted by molar-refractivity contribution is 6.07. The molecule has 0 saturated carbocycles. The van der Waals surface area contributed by atoms with Crippen molar-refractivity contribution in [2.24, 2.45) is 5.41 Å². The molecule has 6 rings (SSSR count). The van der Waals surface area contributed by atoms with Crippen LogP contribution in [0, 0.1) is 5.41 Å². The number of nitrogens with zero attached hydrogens (tertiary/aromatic N) is 1. The average molecular weight is 882 g/mol. The van der Waals surface area contributed by atoms with Crippen LogP contribution in [0.25, 0.3) is 11.1 Å². The van der Waals surface area contributed by atoms with E-state index >= 15 is 0 Å². The zero-order chi connectivity index (χ0) is 45.5. The third-order valence-electron chi connectivity index (χ3n) is 11.3. The van der Waals surface area contributed by atoms with Gasteiger partial charge in [0, 0.05) is 64.6 Å². The van der Waals surface area contributed by atoms with Gasteiger partial charge in [0.15, 0.2) is 5.41 Å². The van der Waals surface area contributed by atoms with Crippen LogP contribution in [-0.4, -0.2) is 132 Å². The lowest BCUT2D eigenvalue weighted by Crippen LogP contribution is -2.62. The number of carbonyl (C=O) groups excluding carboxylic acids is 8. The largest absolute Gasteiger partial charge is 0.493 e. The van der Waals surface area contributed by atoms with E-state index < -0.39 is 79.7 Å². The van der Waals surface area contributed by atoms with Crippen molar-refractivity contribution in [3.63, 3.8) is 0 Å². The summed E-state index contributed by atoms with van der Waals surface area (Å²) in [5, 5.41) is 20.0. The fraction of sp³-hybridized carbons (Fsp3) is 0.422. The van der Waals surface area contributed by atoms with Crippen LogP contribution < -0.4 is 47.3 Å². The van der Waals surface area contributed by atoms with E-state index in [1.54, 1.807) is 0 Å². The Hall–Kier alpha value is -7.02. The van der Waals surface area contributed by atoms with E-state index in [4.69, 9.17) is 9.47 Å². The van der Waals surface area contributed by atoms with E-state index in [0.717, 1.165) is 47.5 Å². The van der Waals surface area contributed by atoms with E-state index in [9.17, 15) is 38.4 Å². The Morgan fingerprint density at radius 3 is 2.20 bits per heavy atom. The number of fused-ring (bicyclic) bond motifs is 4. The van der Waals surface area contributed by atoms with Gasteiger partial charge in [-0.15, -0.1) is 0 Å². The number of nitrogens with one attached hydrogen (secondary N) is 8. The molecule has 3 aromatic carbocycles. The molecule has 0 radical (unpaired) electrons. The van der Waals surface area contributed by atoms with Crippen LogP contribution in [0.2, 0.25) is 0 Å². The second-order valence-electron chi connectivity index (χ2n) is 15.8. The maximum Gasteiger partial charge on any atom is 0.407 e. The molecular formula is C45H55N9O10. The van der Waals surface area contributed by atoms with Gasteiger partial charge >= 0.3 is 6.09 Å². The zero-order valence-corrected chi connectivity index (χ0v) is 35.8. The van der Waals surface area contributed by atoms with E-state index in [-0.39, 0.29) is 44.4 Å². The minimum Gasteiger partial charge on any atom is -0.493 e. The van der Waals surface area contributed by atoms with Gasteiger partial charge in [-0.3, -0.25) is 33.6 Å². The summed E-state index contributed by atoms with van der Waals surface area (Å²) in [5.74, 6) is -4.44. The fourth-order valence-corrected chi connectivity index (χ4v) is 7.76. The van der Waals surface area contributed by atoms with Crippen molar-refractivity contribution in [1.29, 1.82) is 0 Å². The first-order valence-electron chi connectivity index (χ1n) is 21.3.